The minimum Gasteiger partial charge on any atom is -0.493 e. The quantitative estimate of drug-likeness (QED) is 0.404. The molecule has 4 nitrogen and oxygen atoms in total. The van der Waals surface area contributed by atoms with Gasteiger partial charge in [0.1, 0.15) is 6.61 Å². The zero-order valence-corrected chi connectivity index (χ0v) is 18.9. The van der Waals surface area contributed by atoms with Gasteiger partial charge in [0.05, 0.1) is 10.7 Å². The van der Waals surface area contributed by atoms with Gasteiger partial charge in [0, 0.05) is 11.3 Å². The molecule has 3 rings (SSSR count). The van der Waals surface area contributed by atoms with Gasteiger partial charge in [0.15, 0.2) is 11.5 Å². The summed E-state index contributed by atoms with van der Waals surface area (Å²) in [5.74, 6) is 1.00. The zero-order valence-electron chi connectivity index (χ0n) is 16.8. The normalized spacial score (nSPS) is 10.5. The number of rotatable bonds is 7. The second-order valence-electron chi connectivity index (χ2n) is 6.73. The first-order valence-electron chi connectivity index (χ1n) is 9.47. The molecule has 0 saturated heterocycles. The van der Waals surface area contributed by atoms with Crippen LogP contribution < -0.4 is 14.8 Å². The molecule has 0 fully saturated rings. The topological polar surface area (TPSA) is 47.6 Å². The van der Waals surface area contributed by atoms with E-state index in [0.717, 1.165) is 26.8 Å². The zero-order chi connectivity index (χ0) is 20.8. The molecule has 0 aliphatic heterocycles. The SMILES string of the molecule is CCc1ccccc1NC(=O)c1cc(I)c(OCc2ccc(C)cc2)c(OC)c1. The Morgan fingerprint density at radius 3 is 2.48 bits per heavy atom. The van der Waals surface area contributed by atoms with Crippen molar-refractivity contribution in [2.24, 2.45) is 0 Å². The summed E-state index contributed by atoms with van der Waals surface area (Å²) in [5.41, 5.74) is 4.74. The van der Waals surface area contributed by atoms with Crippen molar-refractivity contribution in [1.82, 2.24) is 0 Å². The maximum Gasteiger partial charge on any atom is 0.255 e. The number of aryl methyl sites for hydroxylation is 2. The standard InChI is InChI=1S/C24H24INO3/c1-4-18-7-5-6-8-21(18)26-24(27)19-13-20(25)23(22(14-19)28-3)29-15-17-11-9-16(2)10-12-17/h5-14H,4,15H2,1-3H3,(H,26,27). The van der Waals surface area contributed by atoms with Gasteiger partial charge in [-0.25, -0.2) is 0 Å². The number of halogens is 1. The molecular formula is C24H24INO3. The van der Waals surface area contributed by atoms with E-state index in [1.165, 1.54) is 5.56 Å². The number of hydrogen-bond acceptors (Lipinski definition) is 3. The molecule has 0 radical (unpaired) electrons. The van der Waals surface area contributed by atoms with Crippen molar-refractivity contribution in [1.29, 1.82) is 0 Å². The number of para-hydroxylation sites is 1. The average Bonchev–Trinajstić information content (AvgIpc) is 2.73. The predicted molar refractivity (Wildman–Crippen MR) is 125 cm³/mol. The van der Waals surface area contributed by atoms with E-state index < -0.39 is 0 Å². The molecule has 0 aliphatic carbocycles. The molecule has 0 aliphatic rings. The maximum atomic E-state index is 12.8. The van der Waals surface area contributed by atoms with Gasteiger partial charge in [-0.05, 0) is 65.3 Å². The lowest BCUT2D eigenvalue weighted by Gasteiger charge is -2.15. The van der Waals surface area contributed by atoms with Crippen LogP contribution in [0, 0.1) is 10.5 Å². The molecule has 0 heterocycles. The third-order valence-electron chi connectivity index (χ3n) is 4.64. The molecular weight excluding hydrogens is 477 g/mol. The molecule has 3 aromatic rings. The lowest BCUT2D eigenvalue weighted by atomic mass is 10.1. The first-order chi connectivity index (χ1) is 14.0. The fourth-order valence-corrected chi connectivity index (χ4v) is 3.73. The molecule has 0 unspecified atom stereocenters. The fraction of sp³-hybridized carbons (Fsp3) is 0.208. The molecule has 0 aromatic heterocycles. The van der Waals surface area contributed by atoms with Gasteiger partial charge in [0.2, 0.25) is 0 Å². The second kappa shape index (κ2) is 9.78. The number of carbonyl (C=O) groups is 1. The van der Waals surface area contributed by atoms with E-state index in [-0.39, 0.29) is 5.91 Å². The van der Waals surface area contributed by atoms with Crippen molar-refractivity contribution < 1.29 is 14.3 Å². The van der Waals surface area contributed by atoms with E-state index in [0.29, 0.717) is 23.7 Å². The first kappa shape index (κ1) is 21.2. The van der Waals surface area contributed by atoms with E-state index in [1.54, 1.807) is 13.2 Å². The van der Waals surface area contributed by atoms with Crippen LogP contribution in [-0.4, -0.2) is 13.0 Å². The van der Waals surface area contributed by atoms with E-state index >= 15 is 0 Å². The summed E-state index contributed by atoms with van der Waals surface area (Å²) in [4.78, 5) is 12.8. The number of amides is 1. The van der Waals surface area contributed by atoms with Crippen LogP contribution in [0.1, 0.15) is 34.0 Å². The summed E-state index contributed by atoms with van der Waals surface area (Å²) in [6, 6.07) is 19.6. The Hall–Kier alpha value is -2.54. The van der Waals surface area contributed by atoms with Crippen LogP contribution in [0.25, 0.3) is 0 Å². The number of benzene rings is 3. The predicted octanol–water partition coefficient (Wildman–Crippen LogP) is 6.00. The van der Waals surface area contributed by atoms with Crippen LogP contribution in [0.5, 0.6) is 11.5 Å². The minimum atomic E-state index is -0.174. The van der Waals surface area contributed by atoms with Gasteiger partial charge in [-0.2, -0.15) is 0 Å². The molecule has 0 atom stereocenters. The highest BCUT2D eigenvalue weighted by molar-refractivity contribution is 14.1. The lowest BCUT2D eigenvalue weighted by molar-refractivity contribution is 0.102. The molecule has 1 amide bonds. The van der Waals surface area contributed by atoms with Gasteiger partial charge in [0.25, 0.3) is 5.91 Å². The van der Waals surface area contributed by atoms with Crippen LogP contribution >= 0.6 is 22.6 Å². The van der Waals surface area contributed by atoms with Gasteiger partial charge < -0.3 is 14.8 Å². The van der Waals surface area contributed by atoms with Crippen LogP contribution in [-0.2, 0) is 13.0 Å². The van der Waals surface area contributed by atoms with Crippen LogP contribution in [0.2, 0.25) is 0 Å². The number of nitrogens with one attached hydrogen (secondary N) is 1. The number of anilines is 1. The minimum absolute atomic E-state index is 0.174. The van der Waals surface area contributed by atoms with Crippen molar-refractivity contribution in [2.75, 3.05) is 12.4 Å². The van der Waals surface area contributed by atoms with Crippen molar-refractivity contribution in [2.45, 2.75) is 26.9 Å². The molecule has 150 valence electrons. The largest absolute Gasteiger partial charge is 0.493 e. The van der Waals surface area contributed by atoms with Gasteiger partial charge in [-0.15, -0.1) is 0 Å². The Morgan fingerprint density at radius 1 is 1.07 bits per heavy atom. The Morgan fingerprint density at radius 2 is 1.79 bits per heavy atom. The summed E-state index contributed by atoms with van der Waals surface area (Å²) >= 11 is 2.18. The molecule has 3 aromatic carbocycles. The maximum absolute atomic E-state index is 12.8. The Bertz CT molecular complexity index is 1000. The van der Waals surface area contributed by atoms with Crippen molar-refractivity contribution in [3.8, 4) is 11.5 Å². The summed E-state index contributed by atoms with van der Waals surface area (Å²) in [7, 11) is 1.58. The number of ether oxygens (including phenoxy) is 2. The Labute approximate surface area is 185 Å². The number of hydrogen-bond donors (Lipinski definition) is 1. The van der Waals surface area contributed by atoms with Crippen LogP contribution in [0.3, 0.4) is 0 Å². The van der Waals surface area contributed by atoms with Crippen LogP contribution in [0.15, 0.2) is 60.7 Å². The fourth-order valence-electron chi connectivity index (χ4n) is 2.98. The number of methoxy groups -OCH3 is 1. The molecule has 0 saturated carbocycles. The van der Waals surface area contributed by atoms with Crippen LogP contribution in [0.4, 0.5) is 5.69 Å². The van der Waals surface area contributed by atoms with Crippen molar-refractivity contribution >= 4 is 34.2 Å². The van der Waals surface area contributed by atoms with E-state index in [9.17, 15) is 4.79 Å². The van der Waals surface area contributed by atoms with E-state index in [1.807, 2.05) is 42.5 Å². The van der Waals surface area contributed by atoms with Gasteiger partial charge in [-0.1, -0.05) is 55.0 Å². The van der Waals surface area contributed by atoms with Gasteiger partial charge >= 0.3 is 0 Å². The monoisotopic (exact) mass is 501 g/mol. The highest BCUT2D eigenvalue weighted by Gasteiger charge is 2.16. The summed E-state index contributed by atoms with van der Waals surface area (Å²) in [6.45, 7) is 4.55. The Balaban J connectivity index is 1.80. The Kier molecular flexibility index (Phi) is 7.14. The first-order valence-corrected chi connectivity index (χ1v) is 10.5. The average molecular weight is 501 g/mol. The highest BCUT2D eigenvalue weighted by atomic mass is 127. The summed E-state index contributed by atoms with van der Waals surface area (Å²) < 4.78 is 12.3. The molecule has 0 spiro atoms. The smallest absolute Gasteiger partial charge is 0.255 e. The molecule has 1 N–H and O–H groups in total. The molecule has 0 bridgehead atoms. The molecule has 29 heavy (non-hydrogen) atoms. The summed E-state index contributed by atoms with van der Waals surface area (Å²) in [5, 5.41) is 3.00. The van der Waals surface area contributed by atoms with Gasteiger partial charge in [-0.3, -0.25) is 4.79 Å². The summed E-state index contributed by atoms with van der Waals surface area (Å²) in [6.07, 6.45) is 0.850. The third-order valence-corrected chi connectivity index (χ3v) is 5.44. The second-order valence-corrected chi connectivity index (χ2v) is 7.89. The number of carbonyl (C=O) groups excluding carboxylic acids is 1. The van der Waals surface area contributed by atoms with Crippen molar-refractivity contribution in [3.63, 3.8) is 0 Å². The molecule has 5 heteroatoms. The highest BCUT2D eigenvalue weighted by Crippen LogP contribution is 2.35. The van der Waals surface area contributed by atoms with E-state index in [4.69, 9.17) is 9.47 Å². The lowest BCUT2D eigenvalue weighted by Crippen LogP contribution is -2.14. The van der Waals surface area contributed by atoms with Crippen molar-refractivity contribution in [3.05, 3.63) is 86.5 Å². The third kappa shape index (κ3) is 5.29. The van der Waals surface area contributed by atoms with E-state index in [2.05, 4.69) is 53.9 Å².